The van der Waals surface area contributed by atoms with Crippen molar-refractivity contribution in [2.24, 2.45) is 0 Å². The van der Waals surface area contributed by atoms with Gasteiger partial charge in [-0.05, 0) is 55.2 Å². The molecule has 1 aromatic heterocycles. The standard InChI is InChI=1S/C33H25NO5/c1-33(2,3)39-32(38)34-22-15-9-4-10-17(22)16-23(34)26-29(35)27-24-18-11-5-7-13-20(18)25(28(27)31(37)30(26)36)21-14-8-6-12-19(21)24/h4-16,24-25,35H,1-3H3. The van der Waals surface area contributed by atoms with Gasteiger partial charge in [0.1, 0.15) is 11.4 Å². The number of ether oxygens (including phenoxy) is 1. The smallest absolute Gasteiger partial charge is 0.419 e. The number of carbonyl (C=O) groups excluding carboxylic acids is 3. The fraction of sp³-hybridized carbons (Fsp3) is 0.182. The molecule has 192 valence electrons. The lowest BCUT2D eigenvalue weighted by molar-refractivity contribution is -0.131. The van der Waals surface area contributed by atoms with Gasteiger partial charge in [-0.15, -0.1) is 0 Å². The molecule has 0 unspecified atom stereocenters. The molecule has 3 aromatic carbocycles. The summed E-state index contributed by atoms with van der Waals surface area (Å²) in [5.74, 6) is -2.61. The van der Waals surface area contributed by atoms with Crippen LogP contribution in [0.4, 0.5) is 4.79 Å². The second kappa shape index (κ2) is 7.90. The molecule has 0 saturated heterocycles. The van der Waals surface area contributed by atoms with Crippen molar-refractivity contribution < 1.29 is 24.2 Å². The van der Waals surface area contributed by atoms with Gasteiger partial charge in [0.15, 0.2) is 0 Å². The molecule has 8 rings (SSSR count). The molecule has 39 heavy (non-hydrogen) atoms. The van der Waals surface area contributed by atoms with E-state index in [2.05, 4.69) is 0 Å². The molecule has 6 nitrogen and oxygen atoms in total. The highest BCUT2D eigenvalue weighted by molar-refractivity contribution is 6.60. The summed E-state index contributed by atoms with van der Waals surface area (Å²) in [5.41, 5.74) is 4.39. The van der Waals surface area contributed by atoms with Crippen molar-refractivity contribution in [1.82, 2.24) is 4.57 Å². The van der Waals surface area contributed by atoms with E-state index in [4.69, 9.17) is 4.74 Å². The number of hydrogen-bond donors (Lipinski definition) is 1. The molecule has 0 fully saturated rings. The minimum Gasteiger partial charge on any atom is -0.507 e. The summed E-state index contributed by atoms with van der Waals surface area (Å²) in [6.07, 6.45) is -0.695. The van der Waals surface area contributed by atoms with E-state index >= 15 is 0 Å². The molecule has 4 aliphatic carbocycles. The van der Waals surface area contributed by atoms with Crippen molar-refractivity contribution in [2.45, 2.75) is 38.2 Å². The van der Waals surface area contributed by atoms with Crippen LogP contribution < -0.4 is 0 Å². The Morgan fingerprint density at radius 2 is 1.28 bits per heavy atom. The fourth-order valence-corrected chi connectivity index (χ4v) is 6.42. The van der Waals surface area contributed by atoms with Crippen molar-refractivity contribution >= 4 is 34.1 Å². The largest absolute Gasteiger partial charge is 0.507 e. The predicted octanol–water partition coefficient (Wildman–Crippen LogP) is 6.43. The second-order valence-corrected chi connectivity index (χ2v) is 11.2. The number of nitrogens with zero attached hydrogens (tertiary/aromatic N) is 1. The highest BCUT2D eigenvalue weighted by Gasteiger charge is 2.51. The van der Waals surface area contributed by atoms with Crippen LogP contribution in [0, 0.1) is 0 Å². The van der Waals surface area contributed by atoms with E-state index < -0.39 is 35.1 Å². The Hall–Kier alpha value is -4.71. The number of benzene rings is 3. The quantitative estimate of drug-likeness (QED) is 0.233. The number of ketones is 2. The number of fused-ring (bicyclic) bond motifs is 1. The van der Waals surface area contributed by atoms with Gasteiger partial charge in [0.25, 0.3) is 0 Å². The molecule has 4 aromatic rings. The lowest BCUT2D eigenvalue weighted by Crippen LogP contribution is -2.38. The maximum absolute atomic E-state index is 13.9. The van der Waals surface area contributed by atoms with Crippen molar-refractivity contribution in [3.8, 4) is 0 Å². The highest BCUT2D eigenvalue weighted by Crippen LogP contribution is 2.59. The van der Waals surface area contributed by atoms with Crippen LogP contribution in [0.15, 0.2) is 95.8 Å². The average Bonchev–Trinajstić information content (AvgIpc) is 3.30. The predicted molar refractivity (Wildman–Crippen MR) is 147 cm³/mol. The van der Waals surface area contributed by atoms with Crippen LogP contribution in [0.3, 0.4) is 0 Å². The van der Waals surface area contributed by atoms with Gasteiger partial charge in [0, 0.05) is 28.4 Å². The lowest BCUT2D eigenvalue weighted by atomic mass is 9.58. The third-order valence-corrected chi connectivity index (χ3v) is 7.82. The number of Topliss-reactive ketones (excluding diaryl/α,β-unsaturated/α-hetero) is 2. The summed E-state index contributed by atoms with van der Waals surface area (Å²) in [6.45, 7) is 5.27. The third-order valence-electron chi connectivity index (χ3n) is 7.82. The molecule has 1 N–H and O–H groups in total. The molecule has 0 radical (unpaired) electrons. The zero-order valence-electron chi connectivity index (χ0n) is 21.7. The van der Waals surface area contributed by atoms with Crippen molar-refractivity contribution in [1.29, 1.82) is 0 Å². The molecule has 2 bridgehead atoms. The zero-order valence-corrected chi connectivity index (χ0v) is 21.7. The van der Waals surface area contributed by atoms with Crippen LogP contribution in [0.5, 0.6) is 0 Å². The van der Waals surface area contributed by atoms with Crippen LogP contribution >= 0.6 is 0 Å². The zero-order chi connectivity index (χ0) is 27.2. The van der Waals surface area contributed by atoms with E-state index in [0.717, 1.165) is 22.3 Å². The summed E-state index contributed by atoms with van der Waals surface area (Å²) in [4.78, 5) is 41.3. The Labute approximate surface area is 224 Å². The first-order chi connectivity index (χ1) is 18.7. The molecule has 0 aliphatic heterocycles. The minimum atomic E-state index is -0.832. The minimum absolute atomic E-state index is 0.135. The number of allylic oxidation sites excluding steroid dienone is 3. The number of para-hydroxylation sites is 1. The summed E-state index contributed by atoms with van der Waals surface area (Å²) < 4.78 is 6.96. The first-order valence-corrected chi connectivity index (χ1v) is 13.0. The van der Waals surface area contributed by atoms with Crippen molar-refractivity contribution in [3.63, 3.8) is 0 Å². The Bertz CT molecular complexity index is 1800. The van der Waals surface area contributed by atoms with Gasteiger partial charge in [-0.2, -0.15) is 0 Å². The van der Waals surface area contributed by atoms with Gasteiger partial charge in [-0.25, -0.2) is 9.36 Å². The normalized spacial score (nSPS) is 19.8. The van der Waals surface area contributed by atoms with Gasteiger partial charge < -0.3 is 9.84 Å². The van der Waals surface area contributed by atoms with Crippen LogP contribution in [-0.2, 0) is 14.3 Å². The van der Waals surface area contributed by atoms with Crippen LogP contribution in [0.25, 0.3) is 16.5 Å². The Morgan fingerprint density at radius 1 is 0.769 bits per heavy atom. The maximum Gasteiger partial charge on any atom is 0.419 e. The van der Waals surface area contributed by atoms with Crippen LogP contribution in [0.2, 0.25) is 0 Å². The number of rotatable bonds is 1. The van der Waals surface area contributed by atoms with Gasteiger partial charge in [0.2, 0.25) is 11.6 Å². The second-order valence-electron chi connectivity index (χ2n) is 11.2. The van der Waals surface area contributed by atoms with Gasteiger partial charge in [-0.3, -0.25) is 9.59 Å². The molecule has 0 saturated carbocycles. The monoisotopic (exact) mass is 515 g/mol. The van der Waals surface area contributed by atoms with Crippen LogP contribution in [0.1, 0.15) is 60.6 Å². The molecule has 6 heteroatoms. The summed E-state index contributed by atoms with van der Waals surface area (Å²) in [5, 5.41) is 12.6. The molecule has 0 amide bonds. The summed E-state index contributed by atoms with van der Waals surface area (Å²) >= 11 is 0. The summed E-state index contributed by atoms with van der Waals surface area (Å²) in [7, 11) is 0. The van der Waals surface area contributed by atoms with E-state index in [1.54, 1.807) is 39.0 Å². The summed E-state index contributed by atoms with van der Waals surface area (Å²) in [6, 6.07) is 24.6. The molecule has 4 aliphatic rings. The number of carbonyl (C=O) groups is 3. The van der Waals surface area contributed by atoms with E-state index in [1.807, 2.05) is 60.7 Å². The first-order valence-electron chi connectivity index (χ1n) is 13.0. The fourth-order valence-electron chi connectivity index (χ4n) is 6.42. The molecule has 0 spiro atoms. The number of aliphatic hydroxyl groups is 1. The van der Waals surface area contributed by atoms with E-state index in [1.165, 1.54) is 4.57 Å². The van der Waals surface area contributed by atoms with Gasteiger partial charge in [-0.1, -0.05) is 66.7 Å². The topological polar surface area (TPSA) is 85.6 Å². The highest BCUT2D eigenvalue weighted by atomic mass is 16.6. The number of aliphatic hydroxyl groups excluding tert-OH is 1. The lowest BCUT2D eigenvalue weighted by Gasteiger charge is -2.44. The van der Waals surface area contributed by atoms with Crippen molar-refractivity contribution in [2.75, 3.05) is 0 Å². The van der Waals surface area contributed by atoms with Gasteiger partial charge in [0.05, 0.1) is 16.8 Å². The Balaban J connectivity index is 1.52. The Morgan fingerprint density at radius 3 is 1.85 bits per heavy atom. The van der Waals surface area contributed by atoms with Crippen molar-refractivity contribution in [3.05, 3.63) is 124 Å². The first kappa shape index (κ1) is 23.4. The van der Waals surface area contributed by atoms with Crippen LogP contribution in [-0.4, -0.2) is 32.9 Å². The SMILES string of the molecule is CC(C)(C)OC(=O)n1c(C2=C(O)C3=C(C(=O)C2=O)C2c4ccccc4C3c3ccccc32)cc2ccccc21. The molecular weight excluding hydrogens is 490 g/mol. The average molecular weight is 516 g/mol. The van der Waals surface area contributed by atoms with E-state index in [0.29, 0.717) is 22.0 Å². The van der Waals surface area contributed by atoms with Gasteiger partial charge >= 0.3 is 6.09 Å². The number of hydrogen-bond acceptors (Lipinski definition) is 5. The Kier molecular flexibility index (Phi) is 4.74. The third kappa shape index (κ3) is 3.18. The molecule has 0 atom stereocenters. The molecular formula is C33H25NO5. The van der Waals surface area contributed by atoms with E-state index in [-0.39, 0.29) is 17.0 Å². The van der Waals surface area contributed by atoms with E-state index in [9.17, 15) is 19.5 Å². The maximum atomic E-state index is 13.9. The number of aromatic nitrogens is 1. The molecule has 1 heterocycles.